The number of nitrogens with one attached hydrogen (secondary N) is 1. The zero-order valence-corrected chi connectivity index (χ0v) is 13.0. The van der Waals surface area contributed by atoms with E-state index >= 15 is 0 Å². The summed E-state index contributed by atoms with van der Waals surface area (Å²) in [6.45, 7) is 4.26. The second-order valence-corrected chi connectivity index (χ2v) is 7.46. The SMILES string of the molecule is Cc1ccc(S(=O)(=O)NC(C)C2CCCC2)cc1CN. The van der Waals surface area contributed by atoms with E-state index in [1.807, 2.05) is 19.9 Å². The van der Waals surface area contributed by atoms with Crippen LogP contribution < -0.4 is 10.5 Å². The van der Waals surface area contributed by atoms with Crippen LogP contribution in [0.1, 0.15) is 43.7 Å². The molecule has 20 heavy (non-hydrogen) atoms. The highest BCUT2D eigenvalue weighted by Crippen LogP contribution is 2.28. The average molecular weight is 296 g/mol. The summed E-state index contributed by atoms with van der Waals surface area (Å²) >= 11 is 0. The molecular weight excluding hydrogens is 272 g/mol. The van der Waals surface area contributed by atoms with E-state index in [-0.39, 0.29) is 6.04 Å². The summed E-state index contributed by atoms with van der Waals surface area (Å²) in [5.74, 6) is 0.462. The number of hydrogen-bond donors (Lipinski definition) is 2. The van der Waals surface area contributed by atoms with Crippen molar-refractivity contribution in [1.82, 2.24) is 4.72 Å². The van der Waals surface area contributed by atoms with Crippen molar-refractivity contribution in [2.75, 3.05) is 0 Å². The lowest BCUT2D eigenvalue weighted by molar-refractivity contribution is 0.424. The molecule has 0 aromatic heterocycles. The molecule has 1 aromatic carbocycles. The van der Waals surface area contributed by atoms with Gasteiger partial charge in [-0.2, -0.15) is 0 Å². The minimum Gasteiger partial charge on any atom is -0.326 e. The molecule has 112 valence electrons. The van der Waals surface area contributed by atoms with Gasteiger partial charge in [0.1, 0.15) is 0 Å². The van der Waals surface area contributed by atoms with Crippen LogP contribution in [0, 0.1) is 12.8 Å². The molecule has 1 saturated carbocycles. The Kier molecular flexibility index (Phi) is 4.83. The smallest absolute Gasteiger partial charge is 0.240 e. The quantitative estimate of drug-likeness (QED) is 0.876. The Morgan fingerprint density at radius 1 is 1.35 bits per heavy atom. The number of benzene rings is 1. The third kappa shape index (κ3) is 3.40. The van der Waals surface area contributed by atoms with Crippen LogP contribution in [-0.2, 0) is 16.6 Å². The summed E-state index contributed by atoms with van der Waals surface area (Å²) in [4.78, 5) is 0.313. The lowest BCUT2D eigenvalue weighted by atomic mass is 10.0. The van der Waals surface area contributed by atoms with Gasteiger partial charge in [0.05, 0.1) is 4.90 Å². The van der Waals surface area contributed by atoms with Crippen LogP contribution >= 0.6 is 0 Å². The third-order valence-corrected chi connectivity index (χ3v) is 5.86. The Morgan fingerprint density at radius 2 is 2.00 bits per heavy atom. The van der Waals surface area contributed by atoms with Gasteiger partial charge in [0, 0.05) is 12.6 Å². The normalized spacial score (nSPS) is 18.4. The highest BCUT2D eigenvalue weighted by molar-refractivity contribution is 7.89. The van der Waals surface area contributed by atoms with Gasteiger partial charge >= 0.3 is 0 Å². The van der Waals surface area contributed by atoms with Crippen LogP contribution in [0.25, 0.3) is 0 Å². The molecule has 1 aliphatic rings. The average Bonchev–Trinajstić information content (AvgIpc) is 2.92. The van der Waals surface area contributed by atoms with E-state index in [1.165, 1.54) is 12.8 Å². The summed E-state index contributed by atoms with van der Waals surface area (Å²) in [7, 11) is -3.45. The highest BCUT2D eigenvalue weighted by Gasteiger charge is 2.26. The first kappa shape index (κ1) is 15.5. The molecule has 0 amide bonds. The molecule has 0 saturated heterocycles. The van der Waals surface area contributed by atoms with Crippen LogP contribution in [0.5, 0.6) is 0 Å². The van der Waals surface area contributed by atoms with Gasteiger partial charge < -0.3 is 5.73 Å². The molecule has 0 spiro atoms. The molecule has 1 atom stereocenters. The van der Waals surface area contributed by atoms with E-state index in [4.69, 9.17) is 5.73 Å². The second-order valence-electron chi connectivity index (χ2n) is 5.75. The number of sulfonamides is 1. The summed E-state index contributed by atoms with van der Waals surface area (Å²) in [5, 5.41) is 0. The molecule has 4 nitrogen and oxygen atoms in total. The Bertz CT molecular complexity index is 563. The second kappa shape index (κ2) is 6.24. The van der Waals surface area contributed by atoms with Gasteiger partial charge in [-0.3, -0.25) is 0 Å². The topological polar surface area (TPSA) is 72.2 Å². The number of aryl methyl sites for hydroxylation is 1. The fourth-order valence-electron chi connectivity index (χ4n) is 2.90. The van der Waals surface area contributed by atoms with Crippen molar-refractivity contribution in [2.45, 2.75) is 57.0 Å². The lowest BCUT2D eigenvalue weighted by Gasteiger charge is -2.20. The Morgan fingerprint density at radius 3 is 2.60 bits per heavy atom. The van der Waals surface area contributed by atoms with Crippen molar-refractivity contribution in [3.63, 3.8) is 0 Å². The van der Waals surface area contributed by atoms with Crippen molar-refractivity contribution < 1.29 is 8.42 Å². The first-order valence-corrected chi connectivity index (χ1v) is 8.74. The minimum atomic E-state index is -3.45. The maximum atomic E-state index is 12.4. The van der Waals surface area contributed by atoms with E-state index in [0.717, 1.165) is 24.0 Å². The van der Waals surface area contributed by atoms with E-state index in [0.29, 0.717) is 17.4 Å². The van der Waals surface area contributed by atoms with Gasteiger partial charge in [-0.15, -0.1) is 0 Å². The van der Waals surface area contributed by atoms with E-state index in [1.54, 1.807) is 12.1 Å². The van der Waals surface area contributed by atoms with Crippen molar-refractivity contribution in [1.29, 1.82) is 0 Å². The Balaban J connectivity index is 2.17. The Hall–Kier alpha value is -0.910. The van der Waals surface area contributed by atoms with Gasteiger partial charge in [0.2, 0.25) is 10.0 Å². The molecule has 5 heteroatoms. The van der Waals surface area contributed by atoms with Crippen molar-refractivity contribution >= 4 is 10.0 Å². The predicted octanol–water partition coefficient (Wildman–Crippen LogP) is 2.31. The molecule has 1 aliphatic carbocycles. The molecule has 1 unspecified atom stereocenters. The largest absolute Gasteiger partial charge is 0.326 e. The molecule has 0 radical (unpaired) electrons. The predicted molar refractivity (Wildman–Crippen MR) is 80.8 cm³/mol. The maximum absolute atomic E-state index is 12.4. The van der Waals surface area contributed by atoms with E-state index in [9.17, 15) is 8.42 Å². The van der Waals surface area contributed by atoms with Gasteiger partial charge in [-0.05, 0) is 55.9 Å². The third-order valence-electron chi connectivity index (χ3n) is 4.30. The van der Waals surface area contributed by atoms with E-state index < -0.39 is 10.0 Å². The monoisotopic (exact) mass is 296 g/mol. The Labute approximate surface area is 121 Å². The van der Waals surface area contributed by atoms with Gasteiger partial charge in [-0.1, -0.05) is 18.9 Å². The lowest BCUT2D eigenvalue weighted by Crippen LogP contribution is -2.37. The van der Waals surface area contributed by atoms with Gasteiger partial charge in [-0.25, -0.2) is 13.1 Å². The van der Waals surface area contributed by atoms with E-state index in [2.05, 4.69) is 4.72 Å². The minimum absolute atomic E-state index is 0.00914. The number of hydrogen-bond acceptors (Lipinski definition) is 3. The molecule has 0 heterocycles. The van der Waals surface area contributed by atoms with Crippen LogP contribution in [0.3, 0.4) is 0 Å². The van der Waals surface area contributed by atoms with Crippen molar-refractivity contribution in [3.8, 4) is 0 Å². The molecule has 1 aromatic rings. The molecule has 3 N–H and O–H groups in total. The number of rotatable bonds is 5. The summed E-state index contributed by atoms with van der Waals surface area (Å²) in [6.07, 6.45) is 4.65. The highest BCUT2D eigenvalue weighted by atomic mass is 32.2. The van der Waals surface area contributed by atoms with Crippen molar-refractivity contribution in [2.24, 2.45) is 11.7 Å². The zero-order valence-electron chi connectivity index (χ0n) is 12.2. The fourth-order valence-corrected chi connectivity index (χ4v) is 4.26. The standard InChI is InChI=1S/C15H24N2O2S/c1-11-7-8-15(9-14(11)10-16)20(18,19)17-12(2)13-5-3-4-6-13/h7-9,12-13,17H,3-6,10,16H2,1-2H3. The molecule has 0 aliphatic heterocycles. The molecule has 0 bridgehead atoms. The van der Waals surface area contributed by atoms with Crippen LogP contribution in [0.15, 0.2) is 23.1 Å². The van der Waals surface area contributed by atoms with Crippen LogP contribution in [0.4, 0.5) is 0 Å². The molecule has 2 rings (SSSR count). The van der Waals surface area contributed by atoms with Crippen LogP contribution in [0.2, 0.25) is 0 Å². The van der Waals surface area contributed by atoms with Crippen LogP contribution in [-0.4, -0.2) is 14.5 Å². The molecule has 1 fully saturated rings. The van der Waals surface area contributed by atoms with Crippen molar-refractivity contribution in [3.05, 3.63) is 29.3 Å². The molecular formula is C15H24N2O2S. The van der Waals surface area contributed by atoms with Gasteiger partial charge in [0.25, 0.3) is 0 Å². The maximum Gasteiger partial charge on any atom is 0.240 e. The number of nitrogens with two attached hydrogens (primary N) is 1. The summed E-state index contributed by atoms with van der Waals surface area (Å²) in [6, 6.07) is 5.14. The van der Waals surface area contributed by atoms with Gasteiger partial charge in [0.15, 0.2) is 0 Å². The summed E-state index contributed by atoms with van der Waals surface area (Å²) < 4.78 is 27.7. The summed E-state index contributed by atoms with van der Waals surface area (Å²) in [5.41, 5.74) is 7.55. The first-order chi connectivity index (χ1) is 9.44. The fraction of sp³-hybridized carbons (Fsp3) is 0.600. The zero-order chi connectivity index (χ0) is 14.8. The first-order valence-electron chi connectivity index (χ1n) is 7.26.